The fourth-order valence-corrected chi connectivity index (χ4v) is 6.69. The number of fused-ring (bicyclic) bond motifs is 2. The number of pyridine rings is 2. The van der Waals surface area contributed by atoms with E-state index in [1.165, 1.54) is 66.1 Å². The van der Waals surface area contributed by atoms with Gasteiger partial charge in [0.1, 0.15) is 0 Å². The number of aryl methyl sites for hydroxylation is 2. The van der Waals surface area contributed by atoms with Gasteiger partial charge < -0.3 is 0 Å². The van der Waals surface area contributed by atoms with Crippen molar-refractivity contribution >= 4 is 21.5 Å². The largest absolute Gasteiger partial charge is 0.264 e. The maximum absolute atomic E-state index is 4.42. The van der Waals surface area contributed by atoms with Crippen LogP contribution in [0, 0.1) is 13.8 Å². The van der Waals surface area contributed by atoms with E-state index in [2.05, 4.69) is 157 Å². The van der Waals surface area contributed by atoms with E-state index in [4.69, 9.17) is 0 Å². The zero-order valence-corrected chi connectivity index (χ0v) is 25.9. The first-order valence-electron chi connectivity index (χ1n) is 15.7. The molecule has 0 saturated carbocycles. The lowest BCUT2D eigenvalue weighted by atomic mass is 9.84. The molecule has 0 aliphatic carbocycles. The van der Waals surface area contributed by atoms with Crippen LogP contribution in [0.4, 0.5) is 0 Å². The smallest absolute Gasteiger partial charge is 0.0346 e. The standard InChI is InChI=1S/C44H32N2/c1-29-22-37(27-45-25-29)32-12-16-34(17-13-32)43-39-10-6-7-11-40(39)44(35-18-14-33(15-19-35)38-23-30(2)26-46-28-38)42-24-36(20-21-41(42)43)31-8-4-3-5-9-31/h3-28H,1-2H3. The highest BCUT2D eigenvalue weighted by Gasteiger charge is 2.18. The summed E-state index contributed by atoms with van der Waals surface area (Å²) in [4.78, 5) is 8.84. The third-order valence-electron chi connectivity index (χ3n) is 8.89. The van der Waals surface area contributed by atoms with Gasteiger partial charge in [-0.25, -0.2) is 0 Å². The van der Waals surface area contributed by atoms with Crippen molar-refractivity contribution in [1.82, 2.24) is 9.97 Å². The third-order valence-corrected chi connectivity index (χ3v) is 8.89. The zero-order chi connectivity index (χ0) is 31.0. The summed E-state index contributed by atoms with van der Waals surface area (Å²) in [7, 11) is 0. The normalized spacial score (nSPS) is 11.3. The molecule has 8 aromatic rings. The molecule has 218 valence electrons. The van der Waals surface area contributed by atoms with Gasteiger partial charge in [-0.3, -0.25) is 9.97 Å². The van der Waals surface area contributed by atoms with E-state index < -0.39 is 0 Å². The van der Waals surface area contributed by atoms with Crippen LogP contribution in [0.2, 0.25) is 0 Å². The Balaban J connectivity index is 1.36. The molecule has 0 fully saturated rings. The highest BCUT2D eigenvalue weighted by molar-refractivity contribution is 6.22. The molecular formula is C44H32N2. The molecule has 46 heavy (non-hydrogen) atoms. The topological polar surface area (TPSA) is 25.8 Å². The van der Waals surface area contributed by atoms with E-state index in [-0.39, 0.29) is 0 Å². The second-order valence-electron chi connectivity index (χ2n) is 12.1. The van der Waals surface area contributed by atoms with Gasteiger partial charge in [-0.15, -0.1) is 0 Å². The van der Waals surface area contributed by atoms with E-state index >= 15 is 0 Å². The van der Waals surface area contributed by atoms with Gasteiger partial charge in [-0.1, -0.05) is 115 Å². The number of aromatic nitrogens is 2. The molecule has 2 aromatic heterocycles. The quantitative estimate of drug-likeness (QED) is 0.187. The minimum atomic E-state index is 1.13. The van der Waals surface area contributed by atoms with Crippen LogP contribution >= 0.6 is 0 Å². The van der Waals surface area contributed by atoms with E-state index in [0.717, 1.165) is 22.3 Å². The Bertz CT molecular complexity index is 2350. The van der Waals surface area contributed by atoms with Crippen molar-refractivity contribution in [3.05, 3.63) is 169 Å². The van der Waals surface area contributed by atoms with Crippen LogP contribution in [0.1, 0.15) is 11.1 Å². The number of hydrogen-bond acceptors (Lipinski definition) is 2. The second kappa shape index (κ2) is 11.6. The van der Waals surface area contributed by atoms with Crippen LogP contribution in [0.3, 0.4) is 0 Å². The van der Waals surface area contributed by atoms with Crippen molar-refractivity contribution in [2.24, 2.45) is 0 Å². The monoisotopic (exact) mass is 588 g/mol. The van der Waals surface area contributed by atoms with Gasteiger partial charge >= 0.3 is 0 Å². The average Bonchev–Trinajstić information content (AvgIpc) is 3.11. The van der Waals surface area contributed by atoms with Gasteiger partial charge in [0.25, 0.3) is 0 Å². The van der Waals surface area contributed by atoms with Crippen molar-refractivity contribution in [1.29, 1.82) is 0 Å². The average molecular weight is 589 g/mol. The highest BCUT2D eigenvalue weighted by Crippen LogP contribution is 2.45. The number of benzene rings is 6. The van der Waals surface area contributed by atoms with Gasteiger partial charge in [0.15, 0.2) is 0 Å². The van der Waals surface area contributed by atoms with Crippen molar-refractivity contribution in [3.8, 4) is 55.6 Å². The van der Waals surface area contributed by atoms with Crippen LogP contribution < -0.4 is 0 Å². The van der Waals surface area contributed by atoms with Crippen LogP contribution in [0.5, 0.6) is 0 Å². The van der Waals surface area contributed by atoms with Crippen molar-refractivity contribution < 1.29 is 0 Å². The molecule has 0 spiro atoms. The fourth-order valence-electron chi connectivity index (χ4n) is 6.69. The molecule has 2 heterocycles. The van der Waals surface area contributed by atoms with Crippen molar-refractivity contribution in [2.45, 2.75) is 13.8 Å². The maximum atomic E-state index is 4.42. The maximum Gasteiger partial charge on any atom is 0.0346 e. The summed E-state index contributed by atoms with van der Waals surface area (Å²) in [5, 5.41) is 4.97. The number of rotatable bonds is 5. The molecule has 2 nitrogen and oxygen atoms in total. The third kappa shape index (κ3) is 5.04. The summed E-state index contributed by atoms with van der Waals surface area (Å²) in [5.41, 5.74) is 14.2. The predicted molar refractivity (Wildman–Crippen MR) is 194 cm³/mol. The molecular weight excluding hydrogens is 556 g/mol. The van der Waals surface area contributed by atoms with E-state index in [1.54, 1.807) is 0 Å². The Hall–Kier alpha value is -5.86. The molecule has 2 heteroatoms. The Kier molecular flexibility index (Phi) is 6.96. The summed E-state index contributed by atoms with van der Waals surface area (Å²) in [6, 6.07) is 48.8. The lowest BCUT2D eigenvalue weighted by Crippen LogP contribution is -1.92. The SMILES string of the molecule is Cc1cncc(-c2ccc(-c3c4ccccc4c(-c4ccc(-c5cncc(C)c5)cc4)c4cc(-c5ccccc5)ccc34)cc2)c1. The van der Waals surface area contributed by atoms with Gasteiger partial charge in [0.2, 0.25) is 0 Å². The molecule has 0 aliphatic heterocycles. The van der Waals surface area contributed by atoms with Crippen LogP contribution in [-0.2, 0) is 0 Å². The van der Waals surface area contributed by atoms with Gasteiger partial charge in [-0.2, -0.15) is 0 Å². The van der Waals surface area contributed by atoms with Gasteiger partial charge in [0, 0.05) is 35.9 Å². The van der Waals surface area contributed by atoms with Gasteiger partial charge in [0.05, 0.1) is 0 Å². The molecule has 0 atom stereocenters. The fraction of sp³-hybridized carbons (Fsp3) is 0.0455. The summed E-state index contributed by atoms with van der Waals surface area (Å²) in [6.45, 7) is 4.17. The predicted octanol–water partition coefficient (Wildman–Crippen LogP) is 11.7. The first-order valence-corrected chi connectivity index (χ1v) is 15.7. The molecule has 6 aromatic carbocycles. The number of nitrogens with zero attached hydrogens (tertiary/aromatic N) is 2. The van der Waals surface area contributed by atoms with E-state index in [9.17, 15) is 0 Å². The van der Waals surface area contributed by atoms with Crippen LogP contribution in [-0.4, -0.2) is 9.97 Å². The van der Waals surface area contributed by atoms with Gasteiger partial charge in [-0.05, 0) is 109 Å². The first-order chi connectivity index (χ1) is 22.6. The lowest BCUT2D eigenvalue weighted by molar-refractivity contribution is 1.27. The lowest BCUT2D eigenvalue weighted by Gasteiger charge is -2.19. The minimum absolute atomic E-state index is 1.13. The Morgan fingerprint density at radius 2 is 0.717 bits per heavy atom. The summed E-state index contributed by atoms with van der Waals surface area (Å²) >= 11 is 0. The Morgan fingerprint density at radius 1 is 0.304 bits per heavy atom. The molecule has 0 unspecified atom stereocenters. The molecule has 8 rings (SSSR count). The summed E-state index contributed by atoms with van der Waals surface area (Å²) in [5.74, 6) is 0. The van der Waals surface area contributed by atoms with E-state index in [0.29, 0.717) is 0 Å². The first kappa shape index (κ1) is 27.7. The zero-order valence-electron chi connectivity index (χ0n) is 25.9. The van der Waals surface area contributed by atoms with Crippen molar-refractivity contribution in [3.63, 3.8) is 0 Å². The van der Waals surface area contributed by atoms with Crippen molar-refractivity contribution in [2.75, 3.05) is 0 Å². The Labute approximate surface area is 269 Å². The summed E-state index contributed by atoms with van der Waals surface area (Å²) in [6.07, 6.45) is 7.67. The summed E-state index contributed by atoms with van der Waals surface area (Å²) < 4.78 is 0. The number of hydrogen-bond donors (Lipinski definition) is 0. The molecule has 0 bridgehead atoms. The molecule has 0 aliphatic rings. The molecule has 0 saturated heterocycles. The van der Waals surface area contributed by atoms with Crippen LogP contribution in [0.25, 0.3) is 77.2 Å². The minimum Gasteiger partial charge on any atom is -0.264 e. The van der Waals surface area contributed by atoms with E-state index in [1.807, 2.05) is 24.8 Å². The molecule has 0 amide bonds. The Morgan fingerprint density at radius 3 is 1.24 bits per heavy atom. The second-order valence-corrected chi connectivity index (χ2v) is 12.1. The molecule has 0 radical (unpaired) electrons. The van der Waals surface area contributed by atoms with Crippen LogP contribution in [0.15, 0.2) is 158 Å². The molecule has 0 N–H and O–H groups in total. The highest BCUT2D eigenvalue weighted by atomic mass is 14.6.